The van der Waals surface area contributed by atoms with Crippen LogP contribution in [0.25, 0.3) is 0 Å². The minimum Gasteiger partial charge on any atom is -0.478 e. The number of piperidine rings is 1. The van der Waals surface area contributed by atoms with E-state index in [0.29, 0.717) is 25.9 Å². The van der Waals surface area contributed by atoms with Gasteiger partial charge >= 0.3 is 5.97 Å². The maximum Gasteiger partial charge on any atom is 0.335 e. The molecule has 0 bridgehead atoms. The maximum atomic E-state index is 13.0. The molecule has 6 heteroatoms. The number of carbonyl (C=O) groups excluding carboxylic acids is 2. The number of carbonyl (C=O) groups is 3. The third-order valence-electron chi connectivity index (χ3n) is 6.22. The summed E-state index contributed by atoms with van der Waals surface area (Å²) in [4.78, 5) is 40.3. The van der Waals surface area contributed by atoms with E-state index < -0.39 is 11.4 Å². The average molecular weight is 342 g/mol. The van der Waals surface area contributed by atoms with Crippen LogP contribution in [0.15, 0.2) is 18.2 Å². The first-order valence-corrected chi connectivity index (χ1v) is 8.89. The summed E-state index contributed by atoms with van der Waals surface area (Å²) in [5.74, 6) is -0.584. The third kappa shape index (κ3) is 2.27. The zero-order valence-corrected chi connectivity index (χ0v) is 14.3. The van der Waals surface area contributed by atoms with E-state index in [0.717, 1.165) is 30.5 Å². The molecule has 132 valence electrons. The molecule has 2 amide bonds. The van der Waals surface area contributed by atoms with Crippen molar-refractivity contribution < 1.29 is 19.5 Å². The van der Waals surface area contributed by atoms with Gasteiger partial charge in [0.1, 0.15) is 0 Å². The number of amides is 2. The number of hydrogen-bond acceptors (Lipinski definition) is 3. The maximum absolute atomic E-state index is 13.0. The SMILES string of the molecule is CN1C(=O)C2(CCN(C(=O)C3CCC3)CC2)c2cc(C(=O)O)ccc21. The van der Waals surface area contributed by atoms with E-state index in [1.165, 1.54) is 0 Å². The molecule has 1 aliphatic carbocycles. The lowest BCUT2D eigenvalue weighted by molar-refractivity contribution is -0.141. The number of aromatic carboxylic acids is 1. The molecule has 6 nitrogen and oxygen atoms in total. The molecule has 1 aromatic carbocycles. The average Bonchev–Trinajstić information content (AvgIpc) is 2.76. The van der Waals surface area contributed by atoms with Gasteiger partial charge in [-0.25, -0.2) is 4.79 Å². The van der Waals surface area contributed by atoms with Gasteiger partial charge in [0.2, 0.25) is 11.8 Å². The van der Waals surface area contributed by atoms with Crippen molar-refractivity contribution in [3.63, 3.8) is 0 Å². The van der Waals surface area contributed by atoms with E-state index in [2.05, 4.69) is 0 Å². The Morgan fingerprint density at radius 2 is 1.88 bits per heavy atom. The highest BCUT2D eigenvalue weighted by Gasteiger charge is 2.52. The van der Waals surface area contributed by atoms with Crippen LogP contribution in [0.5, 0.6) is 0 Å². The largest absolute Gasteiger partial charge is 0.478 e. The van der Waals surface area contributed by atoms with Crippen LogP contribution in [0, 0.1) is 5.92 Å². The van der Waals surface area contributed by atoms with Gasteiger partial charge in [-0.3, -0.25) is 9.59 Å². The van der Waals surface area contributed by atoms with Crippen molar-refractivity contribution in [3.8, 4) is 0 Å². The number of rotatable bonds is 2. The topological polar surface area (TPSA) is 77.9 Å². The van der Waals surface area contributed by atoms with Crippen LogP contribution < -0.4 is 4.90 Å². The molecular formula is C19H22N2O4. The van der Waals surface area contributed by atoms with Crippen molar-refractivity contribution in [1.29, 1.82) is 0 Å². The third-order valence-corrected chi connectivity index (χ3v) is 6.22. The lowest BCUT2D eigenvalue weighted by atomic mass is 9.73. The van der Waals surface area contributed by atoms with Crippen LogP contribution in [-0.4, -0.2) is 47.9 Å². The summed E-state index contributed by atoms with van der Waals surface area (Å²) in [5.41, 5.74) is 1.10. The number of nitrogens with zero attached hydrogens (tertiary/aromatic N) is 2. The van der Waals surface area contributed by atoms with E-state index >= 15 is 0 Å². The molecule has 2 fully saturated rings. The molecule has 2 heterocycles. The number of hydrogen-bond donors (Lipinski definition) is 1. The van der Waals surface area contributed by atoms with Gasteiger partial charge in [-0.1, -0.05) is 6.42 Å². The number of carboxylic acid groups (broad SMARTS) is 1. The fourth-order valence-corrected chi connectivity index (χ4v) is 4.40. The Labute approximate surface area is 146 Å². The molecule has 0 atom stereocenters. The second-order valence-corrected chi connectivity index (χ2v) is 7.44. The molecule has 4 rings (SSSR count). The van der Waals surface area contributed by atoms with Gasteiger partial charge in [-0.05, 0) is 49.4 Å². The van der Waals surface area contributed by atoms with Crippen LogP contribution >= 0.6 is 0 Å². The second kappa shape index (κ2) is 5.58. The van der Waals surface area contributed by atoms with Gasteiger partial charge in [0.05, 0.1) is 11.0 Å². The monoisotopic (exact) mass is 342 g/mol. The quantitative estimate of drug-likeness (QED) is 0.892. The smallest absolute Gasteiger partial charge is 0.335 e. The number of benzene rings is 1. The highest BCUT2D eigenvalue weighted by molar-refractivity contribution is 6.08. The van der Waals surface area contributed by atoms with Gasteiger partial charge in [-0.15, -0.1) is 0 Å². The molecule has 1 N–H and O–H groups in total. The van der Waals surface area contributed by atoms with Crippen LogP contribution in [0.4, 0.5) is 5.69 Å². The summed E-state index contributed by atoms with van der Waals surface area (Å²) >= 11 is 0. The van der Waals surface area contributed by atoms with Crippen molar-refractivity contribution in [2.45, 2.75) is 37.5 Å². The molecule has 1 saturated heterocycles. The van der Waals surface area contributed by atoms with Crippen molar-refractivity contribution in [2.24, 2.45) is 5.92 Å². The lowest BCUT2D eigenvalue weighted by Gasteiger charge is -2.40. The predicted octanol–water partition coefficient (Wildman–Crippen LogP) is 2.02. The Morgan fingerprint density at radius 3 is 2.44 bits per heavy atom. The predicted molar refractivity (Wildman–Crippen MR) is 91.6 cm³/mol. The lowest BCUT2D eigenvalue weighted by Crippen LogP contribution is -2.51. The van der Waals surface area contributed by atoms with Gasteiger partial charge in [0, 0.05) is 31.7 Å². The van der Waals surface area contributed by atoms with E-state index in [4.69, 9.17) is 0 Å². The fourth-order valence-electron chi connectivity index (χ4n) is 4.40. The first-order chi connectivity index (χ1) is 11.9. The Balaban J connectivity index is 1.62. The van der Waals surface area contributed by atoms with E-state index in [9.17, 15) is 19.5 Å². The Bertz CT molecular complexity index is 761. The summed E-state index contributed by atoms with van der Waals surface area (Å²) in [6.07, 6.45) is 4.21. The summed E-state index contributed by atoms with van der Waals surface area (Å²) in [7, 11) is 1.74. The molecule has 3 aliphatic rings. The summed E-state index contributed by atoms with van der Waals surface area (Å²) in [6, 6.07) is 4.90. The summed E-state index contributed by atoms with van der Waals surface area (Å²) < 4.78 is 0. The van der Waals surface area contributed by atoms with Crippen molar-refractivity contribution in [2.75, 3.05) is 25.0 Å². The minimum atomic E-state index is -0.988. The fraction of sp³-hybridized carbons (Fsp3) is 0.526. The summed E-state index contributed by atoms with van der Waals surface area (Å²) in [5, 5.41) is 9.29. The molecule has 1 spiro atoms. The zero-order chi connectivity index (χ0) is 17.8. The summed E-state index contributed by atoms with van der Waals surface area (Å²) in [6.45, 7) is 1.12. The van der Waals surface area contributed by atoms with Crippen LogP contribution in [-0.2, 0) is 15.0 Å². The van der Waals surface area contributed by atoms with E-state index in [1.54, 1.807) is 30.1 Å². The van der Waals surface area contributed by atoms with Crippen LogP contribution in [0.1, 0.15) is 48.0 Å². The molecule has 2 aliphatic heterocycles. The van der Waals surface area contributed by atoms with Crippen molar-refractivity contribution in [3.05, 3.63) is 29.3 Å². The number of likely N-dealkylation sites (tertiary alicyclic amines) is 1. The Kier molecular flexibility index (Phi) is 3.60. The van der Waals surface area contributed by atoms with E-state index in [-0.39, 0.29) is 23.3 Å². The zero-order valence-electron chi connectivity index (χ0n) is 14.3. The number of likely N-dealkylation sites (N-methyl/N-ethyl adjacent to an activating group) is 1. The standard InChI is InChI=1S/C19H22N2O4/c1-20-15-6-5-13(17(23)24)11-14(15)19(18(20)25)7-9-21(10-8-19)16(22)12-3-2-4-12/h5-6,11-12H,2-4,7-10H2,1H3,(H,23,24). The molecule has 1 saturated carbocycles. The normalized spacial score (nSPS) is 22.0. The first-order valence-electron chi connectivity index (χ1n) is 8.89. The molecule has 25 heavy (non-hydrogen) atoms. The minimum absolute atomic E-state index is 0.0146. The second-order valence-electron chi connectivity index (χ2n) is 7.44. The Hall–Kier alpha value is -2.37. The molecule has 1 aromatic rings. The highest BCUT2D eigenvalue weighted by atomic mass is 16.4. The number of carboxylic acids is 1. The number of fused-ring (bicyclic) bond motifs is 2. The van der Waals surface area contributed by atoms with Gasteiger partial charge < -0.3 is 14.9 Å². The van der Waals surface area contributed by atoms with Gasteiger partial charge in [-0.2, -0.15) is 0 Å². The molecule has 0 radical (unpaired) electrons. The first kappa shape index (κ1) is 16.1. The highest BCUT2D eigenvalue weighted by Crippen LogP contribution is 2.48. The van der Waals surface area contributed by atoms with E-state index in [1.807, 2.05) is 4.90 Å². The van der Waals surface area contributed by atoms with Crippen LogP contribution in [0.3, 0.4) is 0 Å². The van der Waals surface area contributed by atoms with Gasteiger partial charge in [0.25, 0.3) is 0 Å². The van der Waals surface area contributed by atoms with Crippen molar-refractivity contribution in [1.82, 2.24) is 4.90 Å². The van der Waals surface area contributed by atoms with Crippen LogP contribution in [0.2, 0.25) is 0 Å². The molecule has 0 aromatic heterocycles. The van der Waals surface area contributed by atoms with Crippen molar-refractivity contribution >= 4 is 23.5 Å². The molecular weight excluding hydrogens is 320 g/mol. The van der Waals surface area contributed by atoms with Gasteiger partial charge in [0.15, 0.2) is 0 Å². The Morgan fingerprint density at radius 1 is 1.20 bits per heavy atom. The number of anilines is 1. The molecule has 0 unspecified atom stereocenters.